The number of nitrogens with zero attached hydrogens (tertiary/aromatic N) is 5. The molecule has 0 amide bonds. The first-order valence-corrected chi connectivity index (χ1v) is 14.0. The first kappa shape index (κ1) is 26.8. The number of hydrogen-bond donors (Lipinski definition) is 1. The molecule has 0 aliphatic carbocycles. The van der Waals surface area contributed by atoms with Crippen molar-refractivity contribution in [2.24, 2.45) is 0 Å². The van der Waals surface area contributed by atoms with Crippen LogP contribution in [0.5, 0.6) is 0 Å². The van der Waals surface area contributed by atoms with Crippen molar-refractivity contribution >= 4 is 51.5 Å². The Morgan fingerprint density at radius 3 is 2.44 bits per heavy atom. The number of thioether (sulfide) groups is 1. The number of benzene rings is 2. The molecule has 10 nitrogen and oxygen atoms in total. The number of imidazole rings is 2. The summed E-state index contributed by atoms with van der Waals surface area (Å²) < 4.78 is 10.5. The lowest BCUT2D eigenvalue weighted by Gasteiger charge is -2.08. The zero-order valence-electron chi connectivity index (χ0n) is 21.7. The Morgan fingerprint density at radius 1 is 1.00 bits per heavy atom. The van der Waals surface area contributed by atoms with E-state index in [2.05, 4.69) is 9.55 Å². The number of carbonyl (C=O) groups excluding carboxylic acids is 1. The van der Waals surface area contributed by atoms with Gasteiger partial charge in [0.25, 0.3) is 5.56 Å². The number of esters is 1. The molecule has 0 saturated carbocycles. The maximum absolute atomic E-state index is 12.9. The van der Waals surface area contributed by atoms with Crippen LogP contribution in [0.3, 0.4) is 0 Å². The lowest BCUT2D eigenvalue weighted by atomic mass is 10.2. The molecule has 0 spiro atoms. The molecule has 0 aliphatic rings. The third-order valence-electron chi connectivity index (χ3n) is 6.41. The van der Waals surface area contributed by atoms with Gasteiger partial charge in [-0.05, 0) is 56.7 Å². The largest absolute Gasteiger partial charge is 0.462 e. The highest BCUT2D eigenvalue weighted by molar-refractivity contribution is 7.98. The predicted molar refractivity (Wildman–Crippen MR) is 152 cm³/mol. The van der Waals surface area contributed by atoms with Crippen molar-refractivity contribution in [3.63, 3.8) is 0 Å². The predicted octanol–water partition coefficient (Wildman–Crippen LogP) is 4.45. The van der Waals surface area contributed by atoms with E-state index in [1.165, 1.54) is 16.3 Å². The van der Waals surface area contributed by atoms with E-state index in [-0.39, 0.29) is 12.5 Å². The number of nitrogens with one attached hydrogen (secondary N) is 1. The van der Waals surface area contributed by atoms with Gasteiger partial charge in [-0.3, -0.25) is 14.3 Å². The molecule has 0 radical (unpaired) electrons. The van der Waals surface area contributed by atoms with Crippen molar-refractivity contribution in [3.8, 4) is 0 Å². The number of rotatable bonds is 9. The standard InChI is InChI=1S/C27H27ClN6O4S/c1-4-32-20-12-9-17(25(36)38-6-3)13-19(20)29-27(32)39-15-21-30-23-22(33(21)5-2)24(35)31-26(37)34(23)14-16-7-10-18(28)11-8-16/h7-13H,4-6,14-15H2,1-3H3,(H,31,35,37). The van der Waals surface area contributed by atoms with E-state index in [4.69, 9.17) is 26.3 Å². The Labute approximate surface area is 232 Å². The van der Waals surface area contributed by atoms with Gasteiger partial charge < -0.3 is 13.9 Å². The number of H-pyrrole nitrogens is 1. The van der Waals surface area contributed by atoms with Gasteiger partial charge in [0.1, 0.15) is 5.82 Å². The molecule has 202 valence electrons. The van der Waals surface area contributed by atoms with Crippen LogP contribution >= 0.6 is 23.4 Å². The number of hydrogen-bond acceptors (Lipinski definition) is 7. The molecule has 5 aromatic rings. The van der Waals surface area contributed by atoms with Gasteiger partial charge in [-0.25, -0.2) is 19.6 Å². The zero-order chi connectivity index (χ0) is 27.7. The second kappa shape index (κ2) is 11.1. The van der Waals surface area contributed by atoms with Crippen molar-refractivity contribution in [2.75, 3.05) is 6.61 Å². The van der Waals surface area contributed by atoms with Gasteiger partial charge in [-0.2, -0.15) is 0 Å². The summed E-state index contributed by atoms with van der Waals surface area (Å²) in [5.74, 6) is 0.692. The average Bonchev–Trinajstić information content (AvgIpc) is 3.48. The molecule has 39 heavy (non-hydrogen) atoms. The van der Waals surface area contributed by atoms with Crippen LogP contribution in [-0.2, 0) is 30.1 Å². The van der Waals surface area contributed by atoms with E-state index in [9.17, 15) is 14.4 Å². The van der Waals surface area contributed by atoms with Crippen LogP contribution in [0.4, 0.5) is 0 Å². The Bertz CT molecular complexity index is 1800. The Hall–Kier alpha value is -3.83. The topological polar surface area (TPSA) is 117 Å². The minimum absolute atomic E-state index is 0.241. The molecule has 5 rings (SSSR count). The number of halogens is 1. The fourth-order valence-electron chi connectivity index (χ4n) is 4.58. The van der Waals surface area contributed by atoms with Gasteiger partial charge in [0.05, 0.1) is 35.5 Å². The van der Waals surface area contributed by atoms with Crippen LogP contribution in [0.2, 0.25) is 5.02 Å². The van der Waals surface area contributed by atoms with Crippen LogP contribution in [0, 0.1) is 0 Å². The highest BCUT2D eigenvalue weighted by atomic mass is 35.5. The second-order valence-corrected chi connectivity index (χ2v) is 10.1. The maximum atomic E-state index is 12.9. The Kier molecular flexibility index (Phi) is 7.62. The molecule has 0 bridgehead atoms. The van der Waals surface area contributed by atoms with E-state index in [0.29, 0.717) is 58.5 Å². The van der Waals surface area contributed by atoms with E-state index in [1.54, 1.807) is 31.2 Å². The third kappa shape index (κ3) is 5.11. The minimum Gasteiger partial charge on any atom is -0.462 e. The zero-order valence-corrected chi connectivity index (χ0v) is 23.3. The van der Waals surface area contributed by atoms with Crippen molar-refractivity contribution in [1.29, 1.82) is 0 Å². The molecule has 0 fully saturated rings. The molecule has 0 aliphatic heterocycles. The van der Waals surface area contributed by atoms with Gasteiger partial charge in [0, 0.05) is 18.1 Å². The van der Waals surface area contributed by atoms with Crippen LogP contribution < -0.4 is 11.2 Å². The van der Waals surface area contributed by atoms with Crippen LogP contribution in [0.25, 0.3) is 22.2 Å². The number of carbonyl (C=O) groups is 1. The molecule has 3 aromatic heterocycles. The minimum atomic E-state index is -0.521. The molecule has 0 unspecified atom stereocenters. The summed E-state index contributed by atoms with van der Waals surface area (Å²) in [5, 5.41) is 1.36. The van der Waals surface area contributed by atoms with E-state index in [1.807, 2.05) is 36.6 Å². The first-order chi connectivity index (χ1) is 18.8. The van der Waals surface area contributed by atoms with Crippen molar-refractivity contribution in [3.05, 3.63) is 85.3 Å². The van der Waals surface area contributed by atoms with Crippen molar-refractivity contribution in [2.45, 2.75) is 51.3 Å². The van der Waals surface area contributed by atoms with Gasteiger partial charge >= 0.3 is 11.7 Å². The summed E-state index contributed by atoms with van der Waals surface area (Å²) in [5.41, 5.74) is 2.60. The molecule has 1 N–H and O–H groups in total. The van der Waals surface area contributed by atoms with E-state index in [0.717, 1.165) is 16.2 Å². The molecule has 2 aromatic carbocycles. The highest BCUT2D eigenvalue weighted by Gasteiger charge is 2.20. The third-order valence-corrected chi connectivity index (χ3v) is 7.63. The number of ether oxygens (including phenoxy) is 1. The second-order valence-electron chi connectivity index (χ2n) is 8.77. The summed E-state index contributed by atoms with van der Waals surface area (Å²) in [6, 6.07) is 12.5. The summed E-state index contributed by atoms with van der Waals surface area (Å²) in [6.45, 7) is 7.46. The maximum Gasteiger partial charge on any atom is 0.338 e. The van der Waals surface area contributed by atoms with Crippen molar-refractivity contribution < 1.29 is 9.53 Å². The monoisotopic (exact) mass is 566 g/mol. The van der Waals surface area contributed by atoms with Crippen LogP contribution in [-0.4, -0.2) is 41.2 Å². The molecule has 0 atom stereocenters. The van der Waals surface area contributed by atoms with E-state index < -0.39 is 11.2 Å². The van der Waals surface area contributed by atoms with Crippen LogP contribution in [0.1, 0.15) is 42.5 Å². The normalized spacial score (nSPS) is 11.5. The molecular weight excluding hydrogens is 540 g/mol. The molecule has 12 heteroatoms. The fourth-order valence-corrected chi connectivity index (χ4v) is 5.73. The molecule has 3 heterocycles. The smallest absolute Gasteiger partial charge is 0.338 e. The highest BCUT2D eigenvalue weighted by Crippen LogP contribution is 2.28. The van der Waals surface area contributed by atoms with E-state index >= 15 is 0 Å². The molecule has 0 saturated heterocycles. The summed E-state index contributed by atoms with van der Waals surface area (Å²) in [4.78, 5) is 49.8. The quantitative estimate of drug-likeness (QED) is 0.207. The molecular formula is C27H27ClN6O4S. The first-order valence-electron chi connectivity index (χ1n) is 12.6. The number of aromatic amines is 1. The van der Waals surface area contributed by atoms with Gasteiger partial charge in [0.15, 0.2) is 16.3 Å². The van der Waals surface area contributed by atoms with Gasteiger partial charge in [-0.15, -0.1) is 0 Å². The lowest BCUT2D eigenvalue weighted by Crippen LogP contribution is -2.31. The average molecular weight is 567 g/mol. The van der Waals surface area contributed by atoms with Crippen molar-refractivity contribution in [1.82, 2.24) is 28.7 Å². The SMILES string of the molecule is CCOC(=O)c1ccc2c(c1)nc(SCc1nc3c(c(=O)[nH]c(=O)n3Cc3ccc(Cl)cc3)n1CC)n2CC. The van der Waals surface area contributed by atoms with Crippen LogP contribution in [0.15, 0.2) is 57.2 Å². The van der Waals surface area contributed by atoms with Gasteiger partial charge in [-0.1, -0.05) is 35.5 Å². The Morgan fingerprint density at radius 2 is 1.74 bits per heavy atom. The summed E-state index contributed by atoms with van der Waals surface area (Å²) in [6.07, 6.45) is 0. The van der Waals surface area contributed by atoms with Gasteiger partial charge in [0.2, 0.25) is 0 Å². The summed E-state index contributed by atoms with van der Waals surface area (Å²) in [7, 11) is 0. The summed E-state index contributed by atoms with van der Waals surface area (Å²) >= 11 is 7.49. The fraction of sp³-hybridized carbons (Fsp3) is 0.296. The number of fused-ring (bicyclic) bond motifs is 2. The number of aryl methyl sites for hydroxylation is 2. The number of aromatic nitrogens is 6. The Balaban J connectivity index is 1.51. The lowest BCUT2D eigenvalue weighted by molar-refractivity contribution is 0.0526.